The van der Waals surface area contributed by atoms with Crippen molar-refractivity contribution in [2.75, 3.05) is 19.8 Å². The average Bonchev–Trinajstić information content (AvgIpc) is 2.47. The maximum Gasteiger partial charge on any atom is 0.410 e. The van der Waals surface area contributed by atoms with Crippen LogP contribution in [0, 0.1) is 11.8 Å². The number of ketones is 1. The average molecular weight is 297 g/mol. The zero-order chi connectivity index (χ0) is 15.4. The lowest BCUT2D eigenvalue weighted by Gasteiger charge is -2.44. The van der Waals surface area contributed by atoms with Crippen LogP contribution >= 0.6 is 0 Å². The van der Waals surface area contributed by atoms with E-state index in [1.54, 1.807) is 13.8 Å². The van der Waals surface area contributed by atoms with Gasteiger partial charge in [-0.2, -0.15) is 0 Å². The Morgan fingerprint density at radius 3 is 2.57 bits per heavy atom. The van der Waals surface area contributed by atoms with E-state index in [4.69, 9.17) is 9.47 Å². The van der Waals surface area contributed by atoms with Crippen LogP contribution in [0.4, 0.5) is 4.79 Å². The van der Waals surface area contributed by atoms with E-state index in [0.29, 0.717) is 19.4 Å². The number of hydrogen-bond donors (Lipinski definition) is 0. The summed E-state index contributed by atoms with van der Waals surface area (Å²) in [6.07, 6.45) is 2.24. The molecule has 1 amide bonds. The summed E-state index contributed by atoms with van der Waals surface area (Å²) in [6.45, 7) is 4.36. The molecular formula is C15H23NO5. The molecule has 1 saturated carbocycles. The van der Waals surface area contributed by atoms with Crippen molar-refractivity contribution in [3.63, 3.8) is 0 Å². The molecule has 0 aromatic heterocycles. The number of carbonyl (C=O) groups is 3. The smallest absolute Gasteiger partial charge is 0.410 e. The highest BCUT2D eigenvalue weighted by Gasteiger charge is 2.48. The van der Waals surface area contributed by atoms with E-state index in [2.05, 4.69) is 0 Å². The molecule has 0 unspecified atom stereocenters. The second-order valence-corrected chi connectivity index (χ2v) is 5.51. The third-order valence-corrected chi connectivity index (χ3v) is 4.34. The van der Waals surface area contributed by atoms with Crippen LogP contribution in [0.3, 0.4) is 0 Å². The predicted molar refractivity (Wildman–Crippen MR) is 74.6 cm³/mol. The summed E-state index contributed by atoms with van der Waals surface area (Å²) >= 11 is 0. The van der Waals surface area contributed by atoms with Crippen molar-refractivity contribution in [2.45, 2.75) is 45.6 Å². The number of nitrogens with zero attached hydrogens (tertiary/aromatic N) is 1. The van der Waals surface area contributed by atoms with E-state index in [0.717, 1.165) is 12.8 Å². The Bertz CT molecular complexity index is 422. The van der Waals surface area contributed by atoms with E-state index in [1.807, 2.05) is 0 Å². The van der Waals surface area contributed by atoms with Gasteiger partial charge in [0.2, 0.25) is 0 Å². The third-order valence-electron chi connectivity index (χ3n) is 4.34. The predicted octanol–water partition coefficient (Wildman–Crippen LogP) is 1.77. The van der Waals surface area contributed by atoms with Crippen molar-refractivity contribution in [1.82, 2.24) is 4.90 Å². The molecular weight excluding hydrogens is 274 g/mol. The summed E-state index contributed by atoms with van der Waals surface area (Å²) < 4.78 is 10.2. The van der Waals surface area contributed by atoms with Crippen molar-refractivity contribution in [3.8, 4) is 0 Å². The number of amides is 1. The van der Waals surface area contributed by atoms with Crippen molar-refractivity contribution in [3.05, 3.63) is 0 Å². The van der Waals surface area contributed by atoms with E-state index < -0.39 is 18.1 Å². The number of carbonyl (C=O) groups excluding carboxylic acids is 3. The quantitative estimate of drug-likeness (QED) is 0.742. The number of likely N-dealkylation sites (tertiary alicyclic amines) is 1. The second-order valence-electron chi connectivity index (χ2n) is 5.51. The van der Waals surface area contributed by atoms with Crippen LogP contribution in [0.1, 0.15) is 39.5 Å². The molecule has 0 bridgehead atoms. The first kappa shape index (κ1) is 15.8. The Morgan fingerprint density at radius 1 is 1.19 bits per heavy atom. The van der Waals surface area contributed by atoms with Crippen LogP contribution in [0.25, 0.3) is 0 Å². The molecule has 6 heteroatoms. The molecule has 1 saturated heterocycles. The van der Waals surface area contributed by atoms with Gasteiger partial charge in [-0.3, -0.25) is 9.69 Å². The fraction of sp³-hybridized carbons (Fsp3) is 0.800. The molecule has 21 heavy (non-hydrogen) atoms. The number of rotatable bonds is 3. The largest absolute Gasteiger partial charge is 0.464 e. The van der Waals surface area contributed by atoms with Crippen LogP contribution in [0.5, 0.6) is 0 Å². The zero-order valence-electron chi connectivity index (χ0n) is 12.7. The summed E-state index contributed by atoms with van der Waals surface area (Å²) in [5.74, 6) is -0.471. The van der Waals surface area contributed by atoms with Gasteiger partial charge in [0.05, 0.1) is 13.2 Å². The molecule has 2 fully saturated rings. The van der Waals surface area contributed by atoms with E-state index in [-0.39, 0.29) is 30.8 Å². The van der Waals surface area contributed by atoms with E-state index in [1.165, 1.54) is 4.90 Å². The topological polar surface area (TPSA) is 72.9 Å². The van der Waals surface area contributed by atoms with Gasteiger partial charge in [0.1, 0.15) is 11.8 Å². The Balaban J connectivity index is 2.23. The Labute approximate surface area is 124 Å². The Kier molecular flexibility index (Phi) is 5.20. The second kappa shape index (κ2) is 6.91. The Hall–Kier alpha value is -1.59. The maximum atomic E-state index is 12.3. The SMILES string of the molecule is CCOC(=O)[C@@H]1[C@@H]2CCCC(=O)[C@H]2CCN1C(=O)OCC. The molecule has 2 aliphatic rings. The summed E-state index contributed by atoms with van der Waals surface area (Å²) in [6, 6.07) is -0.688. The number of ether oxygens (including phenoxy) is 2. The highest BCUT2D eigenvalue weighted by molar-refractivity contribution is 5.87. The van der Waals surface area contributed by atoms with Crippen LogP contribution in [-0.4, -0.2) is 48.5 Å². The van der Waals surface area contributed by atoms with Crippen molar-refractivity contribution in [2.24, 2.45) is 11.8 Å². The summed E-state index contributed by atoms with van der Waals surface area (Å²) in [5, 5.41) is 0. The van der Waals surface area contributed by atoms with Gasteiger partial charge < -0.3 is 9.47 Å². The van der Waals surface area contributed by atoms with Crippen LogP contribution in [-0.2, 0) is 19.1 Å². The van der Waals surface area contributed by atoms with Crippen LogP contribution in [0.15, 0.2) is 0 Å². The van der Waals surface area contributed by atoms with Crippen molar-refractivity contribution in [1.29, 1.82) is 0 Å². The van der Waals surface area contributed by atoms with Gasteiger partial charge in [0, 0.05) is 24.8 Å². The lowest BCUT2D eigenvalue weighted by atomic mass is 9.70. The zero-order valence-corrected chi connectivity index (χ0v) is 12.7. The molecule has 118 valence electrons. The molecule has 2 rings (SSSR count). The number of piperidine rings is 1. The van der Waals surface area contributed by atoms with Crippen LogP contribution < -0.4 is 0 Å². The van der Waals surface area contributed by atoms with Gasteiger partial charge in [-0.1, -0.05) is 0 Å². The molecule has 1 aliphatic carbocycles. The summed E-state index contributed by atoms with van der Waals surface area (Å²) in [7, 11) is 0. The number of fused-ring (bicyclic) bond motifs is 1. The lowest BCUT2D eigenvalue weighted by molar-refractivity contribution is -0.156. The van der Waals surface area contributed by atoms with Gasteiger partial charge in [-0.05, 0) is 33.1 Å². The third kappa shape index (κ3) is 3.19. The van der Waals surface area contributed by atoms with Gasteiger partial charge in [0.25, 0.3) is 0 Å². The highest BCUT2D eigenvalue weighted by atomic mass is 16.6. The number of hydrogen-bond acceptors (Lipinski definition) is 5. The molecule has 0 aromatic carbocycles. The van der Waals surface area contributed by atoms with Gasteiger partial charge >= 0.3 is 12.1 Å². The standard InChI is InChI=1S/C15H23NO5/c1-3-20-14(18)13-11-6-5-7-12(17)10(11)8-9-16(13)15(19)21-4-2/h10-11,13H,3-9H2,1-2H3/t10-,11+,13-/m0/s1. The molecule has 0 spiro atoms. The van der Waals surface area contributed by atoms with Crippen molar-refractivity contribution >= 4 is 17.8 Å². The maximum absolute atomic E-state index is 12.3. The minimum atomic E-state index is -0.688. The lowest BCUT2D eigenvalue weighted by Crippen LogP contribution is -2.58. The van der Waals surface area contributed by atoms with Crippen LogP contribution in [0.2, 0.25) is 0 Å². The number of Topliss-reactive ketones (excluding diaryl/α,β-unsaturated/α-hetero) is 1. The summed E-state index contributed by atoms with van der Waals surface area (Å²) in [5.41, 5.74) is 0. The van der Waals surface area contributed by atoms with Gasteiger partial charge in [-0.25, -0.2) is 9.59 Å². The first-order valence-corrected chi connectivity index (χ1v) is 7.72. The van der Waals surface area contributed by atoms with E-state index >= 15 is 0 Å². The molecule has 1 heterocycles. The minimum Gasteiger partial charge on any atom is -0.464 e. The fourth-order valence-electron chi connectivity index (χ4n) is 3.48. The molecule has 0 radical (unpaired) electrons. The first-order valence-electron chi connectivity index (χ1n) is 7.72. The van der Waals surface area contributed by atoms with Crippen molar-refractivity contribution < 1.29 is 23.9 Å². The van der Waals surface area contributed by atoms with Gasteiger partial charge in [0.15, 0.2) is 0 Å². The minimum absolute atomic E-state index is 0.126. The van der Waals surface area contributed by atoms with E-state index in [9.17, 15) is 14.4 Å². The Morgan fingerprint density at radius 2 is 1.90 bits per heavy atom. The van der Waals surface area contributed by atoms with Gasteiger partial charge in [-0.15, -0.1) is 0 Å². The fourth-order valence-corrected chi connectivity index (χ4v) is 3.48. The summed E-state index contributed by atoms with van der Waals surface area (Å²) in [4.78, 5) is 37.9. The highest BCUT2D eigenvalue weighted by Crippen LogP contribution is 2.38. The number of esters is 1. The molecule has 0 aromatic rings. The first-order chi connectivity index (χ1) is 10.1. The molecule has 6 nitrogen and oxygen atoms in total. The molecule has 1 aliphatic heterocycles. The molecule has 3 atom stereocenters. The normalized spacial score (nSPS) is 28.8. The molecule has 0 N–H and O–H groups in total. The monoisotopic (exact) mass is 297 g/mol.